The fourth-order valence-electron chi connectivity index (χ4n) is 3.56. The van der Waals surface area contributed by atoms with Gasteiger partial charge in [0.1, 0.15) is 5.58 Å². The molecule has 1 heterocycles. The Morgan fingerprint density at radius 1 is 1.15 bits per heavy atom. The number of nitrogens with two attached hydrogens (primary N) is 1. The van der Waals surface area contributed by atoms with Gasteiger partial charge < -0.3 is 15.5 Å². The summed E-state index contributed by atoms with van der Waals surface area (Å²) in [5.74, 6) is 0.0787. The van der Waals surface area contributed by atoms with E-state index in [1.807, 2.05) is 92.8 Å². The number of rotatable bonds is 9. The number of para-hydroxylation sites is 1. The quantitative estimate of drug-likeness (QED) is 0.279. The van der Waals surface area contributed by atoms with Gasteiger partial charge in [-0.3, -0.25) is 0 Å². The van der Waals surface area contributed by atoms with Gasteiger partial charge in [-0.05, 0) is 68.5 Å². The Morgan fingerprint density at radius 2 is 1.88 bits per heavy atom. The Hall–Kier alpha value is -3.79. The van der Waals surface area contributed by atoms with Crippen LogP contribution >= 0.6 is 0 Å². The Bertz CT molecular complexity index is 1260. The zero-order valence-corrected chi connectivity index (χ0v) is 19.6. The molecule has 0 saturated carbocycles. The van der Waals surface area contributed by atoms with Gasteiger partial charge in [-0.2, -0.15) is 0 Å². The summed E-state index contributed by atoms with van der Waals surface area (Å²) in [5, 5.41) is 4.34. The minimum atomic E-state index is -0.322. The molecule has 4 heteroatoms. The van der Waals surface area contributed by atoms with Crippen molar-refractivity contribution in [3.8, 4) is 0 Å². The van der Waals surface area contributed by atoms with E-state index in [4.69, 9.17) is 10.2 Å². The van der Waals surface area contributed by atoms with Crippen molar-refractivity contribution >= 4 is 22.3 Å². The predicted molar refractivity (Wildman–Crippen MR) is 140 cm³/mol. The van der Waals surface area contributed by atoms with Crippen LogP contribution in [0, 0.1) is 12.8 Å². The van der Waals surface area contributed by atoms with Crippen LogP contribution in [0.5, 0.6) is 0 Å². The molecule has 3 rings (SSSR count). The first-order valence-corrected chi connectivity index (χ1v) is 11.2. The fourth-order valence-corrected chi connectivity index (χ4v) is 3.56. The molecule has 0 amide bonds. The normalized spacial score (nSPS) is 13.1. The van der Waals surface area contributed by atoms with Crippen LogP contribution in [0.2, 0.25) is 0 Å². The maximum atomic E-state index is 12.9. The summed E-state index contributed by atoms with van der Waals surface area (Å²) in [6, 6.07) is 15.7. The Balaban J connectivity index is 1.87. The summed E-state index contributed by atoms with van der Waals surface area (Å²) >= 11 is 0. The fraction of sp³-hybridized carbons (Fsp3) is 0.207. The largest absolute Gasteiger partial charge is 0.422 e. The molecule has 0 aliphatic heterocycles. The van der Waals surface area contributed by atoms with Crippen LogP contribution in [0.3, 0.4) is 0 Å². The summed E-state index contributed by atoms with van der Waals surface area (Å²) in [4.78, 5) is 12.9. The first-order chi connectivity index (χ1) is 15.9. The highest BCUT2D eigenvalue weighted by atomic mass is 16.4. The molecular weight excluding hydrogens is 408 g/mol. The van der Waals surface area contributed by atoms with Crippen molar-refractivity contribution in [2.24, 2.45) is 11.7 Å². The van der Waals surface area contributed by atoms with Gasteiger partial charge in [0.2, 0.25) is 0 Å². The topological polar surface area (TPSA) is 68.3 Å². The van der Waals surface area contributed by atoms with Crippen molar-refractivity contribution in [1.29, 1.82) is 0 Å². The maximum Gasteiger partial charge on any atom is 0.341 e. The van der Waals surface area contributed by atoms with Crippen molar-refractivity contribution < 1.29 is 4.42 Å². The Morgan fingerprint density at radius 3 is 2.61 bits per heavy atom. The minimum absolute atomic E-state index is 0.0787. The average Bonchev–Trinajstić information content (AvgIpc) is 2.80. The smallest absolute Gasteiger partial charge is 0.341 e. The number of hydrogen-bond donors (Lipinski definition) is 2. The van der Waals surface area contributed by atoms with E-state index in [1.54, 1.807) is 0 Å². The third-order valence-electron chi connectivity index (χ3n) is 5.59. The molecule has 1 aromatic heterocycles. The van der Waals surface area contributed by atoms with Gasteiger partial charge in [0, 0.05) is 16.8 Å². The first-order valence-electron chi connectivity index (χ1n) is 11.2. The summed E-state index contributed by atoms with van der Waals surface area (Å²) in [6.45, 7) is 10.1. The van der Waals surface area contributed by atoms with E-state index in [9.17, 15) is 4.79 Å². The van der Waals surface area contributed by atoms with Gasteiger partial charge >= 0.3 is 5.63 Å². The van der Waals surface area contributed by atoms with Crippen molar-refractivity contribution in [2.75, 3.05) is 5.32 Å². The van der Waals surface area contributed by atoms with Crippen LogP contribution in [0.25, 0.3) is 11.0 Å². The van der Waals surface area contributed by atoms with E-state index in [0.29, 0.717) is 24.0 Å². The van der Waals surface area contributed by atoms with Crippen LogP contribution in [0.15, 0.2) is 106 Å². The lowest BCUT2D eigenvalue weighted by Gasteiger charge is -2.16. The van der Waals surface area contributed by atoms with Crippen LogP contribution in [0.1, 0.15) is 31.4 Å². The summed E-state index contributed by atoms with van der Waals surface area (Å²) in [7, 11) is 0. The SMILES string of the molecule is C=C(/C=C\C=C\C)/C=C(\N)[C@@H](C)CCc1c(Nc2ccc(C)cc2)c2ccccc2oc1=O. The lowest BCUT2D eigenvalue weighted by atomic mass is 9.96. The summed E-state index contributed by atoms with van der Waals surface area (Å²) in [5.41, 5.74) is 11.7. The van der Waals surface area contributed by atoms with E-state index in [-0.39, 0.29) is 11.5 Å². The Labute approximate surface area is 195 Å². The highest BCUT2D eigenvalue weighted by molar-refractivity contribution is 5.93. The molecular formula is C29H32N2O2. The molecule has 2 aromatic carbocycles. The van der Waals surface area contributed by atoms with E-state index in [2.05, 4.69) is 18.8 Å². The Kier molecular flexibility index (Phi) is 8.09. The average molecular weight is 441 g/mol. The van der Waals surface area contributed by atoms with Crippen molar-refractivity contribution in [2.45, 2.75) is 33.6 Å². The van der Waals surface area contributed by atoms with Gasteiger partial charge in [-0.1, -0.05) is 67.6 Å². The number of allylic oxidation sites excluding steroid dienone is 7. The molecule has 0 spiro atoms. The molecule has 0 radical (unpaired) electrons. The second-order valence-electron chi connectivity index (χ2n) is 8.27. The number of aryl methyl sites for hydroxylation is 1. The summed E-state index contributed by atoms with van der Waals surface area (Å²) < 4.78 is 5.63. The highest BCUT2D eigenvalue weighted by Gasteiger charge is 2.17. The van der Waals surface area contributed by atoms with E-state index >= 15 is 0 Å². The van der Waals surface area contributed by atoms with Gasteiger partial charge in [0.05, 0.1) is 11.3 Å². The van der Waals surface area contributed by atoms with Crippen LogP contribution < -0.4 is 16.7 Å². The summed E-state index contributed by atoms with van der Waals surface area (Å²) in [6.07, 6.45) is 10.9. The van der Waals surface area contributed by atoms with Gasteiger partial charge in [0.15, 0.2) is 0 Å². The molecule has 4 nitrogen and oxygen atoms in total. The number of hydrogen-bond acceptors (Lipinski definition) is 4. The zero-order chi connectivity index (χ0) is 23.8. The number of benzene rings is 2. The van der Waals surface area contributed by atoms with Crippen molar-refractivity contribution in [1.82, 2.24) is 0 Å². The van der Waals surface area contributed by atoms with Crippen molar-refractivity contribution in [3.63, 3.8) is 0 Å². The molecule has 0 bridgehead atoms. The molecule has 0 aliphatic carbocycles. The molecule has 3 N–H and O–H groups in total. The van der Waals surface area contributed by atoms with Crippen molar-refractivity contribution in [3.05, 3.63) is 118 Å². The first kappa shape index (κ1) is 23.9. The van der Waals surface area contributed by atoms with Crippen LogP contribution in [-0.4, -0.2) is 0 Å². The lowest BCUT2D eigenvalue weighted by molar-refractivity contribution is 0.538. The van der Waals surface area contributed by atoms with E-state index in [1.165, 1.54) is 5.56 Å². The van der Waals surface area contributed by atoms with Crippen LogP contribution in [-0.2, 0) is 6.42 Å². The predicted octanol–water partition coefficient (Wildman–Crippen LogP) is 6.94. The zero-order valence-electron chi connectivity index (χ0n) is 19.6. The molecule has 1 atom stereocenters. The molecule has 170 valence electrons. The third-order valence-corrected chi connectivity index (χ3v) is 5.59. The molecule has 0 aliphatic rings. The highest BCUT2D eigenvalue weighted by Crippen LogP contribution is 2.30. The van der Waals surface area contributed by atoms with Gasteiger partial charge in [-0.25, -0.2) is 4.79 Å². The molecule has 0 unspecified atom stereocenters. The number of nitrogens with one attached hydrogen (secondary N) is 1. The number of fused-ring (bicyclic) bond motifs is 1. The molecule has 3 aromatic rings. The molecule has 0 saturated heterocycles. The van der Waals surface area contributed by atoms with E-state index < -0.39 is 0 Å². The second-order valence-corrected chi connectivity index (χ2v) is 8.27. The second kappa shape index (κ2) is 11.2. The van der Waals surface area contributed by atoms with E-state index in [0.717, 1.165) is 28.0 Å². The van der Waals surface area contributed by atoms with Gasteiger partial charge in [-0.15, -0.1) is 0 Å². The lowest BCUT2D eigenvalue weighted by Crippen LogP contribution is -2.15. The molecule has 33 heavy (non-hydrogen) atoms. The van der Waals surface area contributed by atoms with Gasteiger partial charge in [0.25, 0.3) is 0 Å². The third kappa shape index (κ3) is 6.36. The monoisotopic (exact) mass is 440 g/mol. The standard InChI is InChI=1S/C29H32N2O2/c1-5-6-7-10-21(3)19-26(30)22(4)15-18-25-28(31-23-16-13-20(2)14-17-23)24-11-8-9-12-27(24)33-29(25)32/h5-14,16-17,19,22,31H,3,15,18,30H2,1-2,4H3/b6-5+,10-7-,26-19-/t22-/m0/s1. The van der Waals surface area contributed by atoms with Crippen LogP contribution in [0.4, 0.5) is 11.4 Å². The minimum Gasteiger partial charge on any atom is -0.422 e. The molecule has 0 fully saturated rings. The maximum absolute atomic E-state index is 12.9. The number of anilines is 2.